The van der Waals surface area contributed by atoms with Gasteiger partial charge in [-0.05, 0) is 31.9 Å². The van der Waals surface area contributed by atoms with Crippen molar-refractivity contribution in [1.29, 1.82) is 0 Å². The maximum absolute atomic E-state index is 12.4. The van der Waals surface area contributed by atoms with Crippen molar-refractivity contribution < 1.29 is 13.7 Å². The van der Waals surface area contributed by atoms with E-state index in [2.05, 4.69) is 15.5 Å². The monoisotopic (exact) mass is 328 g/mol. The smallest absolute Gasteiger partial charge is 0.408 e. The van der Waals surface area contributed by atoms with Gasteiger partial charge in [-0.3, -0.25) is 9.36 Å². The predicted octanol–water partition coefficient (Wildman–Crippen LogP) is 1.73. The summed E-state index contributed by atoms with van der Waals surface area (Å²) in [5.74, 6) is 0.554. The number of amides is 1. The third kappa shape index (κ3) is 2.60. The van der Waals surface area contributed by atoms with E-state index in [0.29, 0.717) is 28.7 Å². The molecule has 2 aromatic heterocycles. The highest BCUT2D eigenvalue weighted by Crippen LogP contribution is 2.38. The second-order valence-corrected chi connectivity index (χ2v) is 5.92. The van der Waals surface area contributed by atoms with Crippen LogP contribution in [0, 0.1) is 0 Å². The molecule has 1 aliphatic rings. The number of nitrogens with one attached hydrogen (secondary N) is 1. The van der Waals surface area contributed by atoms with E-state index in [0.717, 1.165) is 12.8 Å². The Morgan fingerprint density at radius 3 is 3.00 bits per heavy atom. The first kappa shape index (κ1) is 14.7. The maximum Gasteiger partial charge on any atom is 0.420 e. The van der Waals surface area contributed by atoms with Gasteiger partial charge in [-0.1, -0.05) is 17.3 Å². The van der Waals surface area contributed by atoms with E-state index in [4.69, 9.17) is 8.94 Å². The van der Waals surface area contributed by atoms with Crippen molar-refractivity contribution >= 4 is 17.0 Å². The van der Waals surface area contributed by atoms with E-state index >= 15 is 0 Å². The van der Waals surface area contributed by atoms with Gasteiger partial charge >= 0.3 is 5.76 Å². The molecule has 1 aliphatic carbocycles. The molecule has 8 heteroatoms. The molecule has 1 saturated carbocycles. The van der Waals surface area contributed by atoms with Crippen LogP contribution in [-0.2, 0) is 11.3 Å². The van der Waals surface area contributed by atoms with Crippen LogP contribution < -0.4 is 11.1 Å². The van der Waals surface area contributed by atoms with E-state index in [9.17, 15) is 9.59 Å². The van der Waals surface area contributed by atoms with Crippen molar-refractivity contribution in [2.75, 3.05) is 0 Å². The lowest BCUT2D eigenvalue weighted by Gasteiger charge is -2.12. The summed E-state index contributed by atoms with van der Waals surface area (Å²) in [7, 11) is 0. The zero-order valence-corrected chi connectivity index (χ0v) is 13.1. The number of benzene rings is 1. The minimum atomic E-state index is -0.712. The summed E-state index contributed by atoms with van der Waals surface area (Å²) in [6.45, 7) is 1.80. The van der Waals surface area contributed by atoms with Gasteiger partial charge in [0, 0.05) is 5.92 Å². The van der Waals surface area contributed by atoms with E-state index in [-0.39, 0.29) is 12.5 Å². The third-order valence-electron chi connectivity index (χ3n) is 4.12. The van der Waals surface area contributed by atoms with Crippen LogP contribution in [-0.4, -0.2) is 20.6 Å². The number of carbonyl (C=O) groups is 1. The average Bonchev–Trinajstić information content (AvgIpc) is 3.23. The van der Waals surface area contributed by atoms with Crippen LogP contribution in [0.4, 0.5) is 0 Å². The molecule has 1 aromatic carbocycles. The van der Waals surface area contributed by atoms with Gasteiger partial charge in [0.2, 0.25) is 11.8 Å². The fraction of sp³-hybridized carbons (Fsp3) is 0.375. The van der Waals surface area contributed by atoms with Crippen LogP contribution in [0.15, 0.2) is 38.0 Å². The molecule has 124 valence electrons. The van der Waals surface area contributed by atoms with E-state index in [1.165, 1.54) is 4.57 Å². The highest BCUT2D eigenvalue weighted by Gasteiger charge is 2.29. The van der Waals surface area contributed by atoms with Gasteiger partial charge in [-0.15, -0.1) is 0 Å². The molecule has 8 nitrogen and oxygen atoms in total. The fourth-order valence-corrected chi connectivity index (χ4v) is 2.62. The molecule has 4 rings (SSSR count). The molecular formula is C16H16N4O4. The number of oxazole rings is 1. The van der Waals surface area contributed by atoms with Crippen LogP contribution >= 0.6 is 0 Å². The zero-order valence-electron chi connectivity index (χ0n) is 13.1. The topological polar surface area (TPSA) is 103 Å². The van der Waals surface area contributed by atoms with E-state index < -0.39 is 11.8 Å². The van der Waals surface area contributed by atoms with Crippen LogP contribution in [0.25, 0.3) is 11.1 Å². The highest BCUT2D eigenvalue weighted by atomic mass is 16.5. The first-order valence-electron chi connectivity index (χ1n) is 7.84. The SMILES string of the molecule is C[C@H](C(=O)NCc1noc(C2CC2)n1)n1c(=O)oc2ccccc21. The predicted molar refractivity (Wildman–Crippen MR) is 83.3 cm³/mol. The first-order valence-corrected chi connectivity index (χ1v) is 7.84. The zero-order chi connectivity index (χ0) is 16.7. The van der Waals surface area contributed by atoms with Gasteiger partial charge in [0.15, 0.2) is 11.4 Å². The number of carbonyl (C=O) groups excluding carboxylic acids is 1. The Kier molecular flexibility index (Phi) is 3.44. The molecule has 2 heterocycles. The number of hydrogen-bond donors (Lipinski definition) is 1. The second kappa shape index (κ2) is 5.63. The largest absolute Gasteiger partial charge is 0.420 e. The lowest BCUT2D eigenvalue weighted by Crippen LogP contribution is -2.34. The third-order valence-corrected chi connectivity index (χ3v) is 4.12. The van der Waals surface area contributed by atoms with Crippen LogP contribution in [0.1, 0.15) is 43.4 Å². The summed E-state index contributed by atoms with van der Waals surface area (Å²) in [6, 6.07) is 6.28. The van der Waals surface area contributed by atoms with Crippen molar-refractivity contribution in [3.05, 3.63) is 46.5 Å². The number of hydrogen-bond acceptors (Lipinski definition) is 6. The summed E-state index contributed by atoms with van der Waals surface area (Å²) < 4.78 is 11.6. The molecule has 0 radical (unpaired) electrons. The Morgan fingerprint density at radius 1 is 1.42 bits per heavy atom. The molecule has 1 N–H and O–H groups in total. The molecule has 0 saturated heterocycles. The van der Waals surface area contributed by atoms with Crippen molar-refractivity contribution in [2.24, 2.45) is 0 Å². The fourth-order valence-electron chi connectivity index (χ4n) is 2.62. The van der Waals surface area contributed by atoms with Crippen LogP contribution in [0.5, 0.6) is 0 Å². The number of rotatable bonds is 5. The highest BCUT2D eigenvalue weighted by molar-refractivity contribution is 5.82. The summed E-state index contributed by atoms with van der Waals surface area (Å²) in [6.07, 6.45) is 2.14. The molecule has 0 spiro atoms. The molecule has 1 atom stereocenters. The van der Waals surface area contributed by atoms with Crippen LogP contribution in [0.2, 0.25) is 0 Å². The Bertz CT molecular complexity index is 950. The Balaban J connectivity index is 1.48. The summed E-state index contributed by atoms with van der Waals surface area (Å²) in [5.41, 5.74) is 1.04. The molecule has 1 amide bonds. The van der Waals surface area contributed by atoms with E-state index in [1.54, 1.807) is 31.2 Å². The summed E-state index contributed by atoms with van der Waals surface area (Å²) >= 11 is 0. The Labute approximate surface area is 136 Å². The van der Waals surface area contributed by atoms with Gasteiger partial charge in [0.1, 0.15) is 6.04 Å². The van der Waals surface area contributed by atoms with Gasteiger partial charge in [0.05, 0.1) is 12.1 Å². The summed E-state index contributed by atoms with van der Waals surface area (Å²) in [5, 5.41) is 6.58. The quantitative estimate of drug-likeness (QED) is 0.765. The lowest BCUT2D eigenvalue weighted by atomic mass is 10.2. The van der Waals surface area contributed by atoms with Gasteiger partial charge in [-0.25, -0.2) is 4.79 Å². The van der Waals surface area contributed by atoms with Gasteiger partial charge in [0.25, 0.3) is 0 Å². The normalized spacial score (nSPS) is 15.5. The number of aromatic nitrogens is 3. The average molecular weight is 328 g/mol. The second-order valence-electron chi connectivity index (χ2n) is 5.92. The standard InChI is InChI=1S/C16H16N4O4/c1-9(20-11-4-2-3-5-12(11)23-16(20)22)14(21)17-8-13-18-15(24-19-13)10-6-7-10/h2-5,9-10H,6-8H2,1H3,(H,17,21)/t9-/m1/s1. The maximum atomic E-state index is 12.4. The minimum Gasteiger partial charge on any atom is -0.408 e. The molecule has 0 bridgehead atoms. The van der Waals surface area contributed by atoms with Gasteiger partial charge in [-0.2, -0.15) is 4.98 Å². The number of fused-ring (bicyclic) bond motifs is 1. The van der Waals surface area contributed by atoms with Crippen molar-refractivity contribution in [2.45, 2.75) is 38.3 Å². The van der Waals surface area contributed by atoms with Crippen molar-refractivity contribution in [1.82, 2.24) is 20.0 Å². The lowest BCUT2D eigenvalue weighted by molar-refractivity contribution is -0.124. The summed E-state index contributed by atoms with van der Waals surface area (Å²) in [4.78, 5) is 28.6. The number of para-hydroxylation sites is 2. The van der Waals surface area contributed by atoms with Crippen LogP contribution in [0.3, 0.4) is 0 Å². The molecule has 3 aromatic rings. The van der Waals surface area contributed by atoms with Crippen molar-refractivity contribution in [3.8, 4) is 0 Å². The van der Waals surface area contributed by atoms with Gasteiger partial charge < -0.3 is 14.3 Å². The minimum absolute atomic E-state index is 0.157. The first-order chi connectivity index (χ1) is 11.6. The molecule has 24 heavy (non-hydrogen) atoms. The molecule has 0 unspecified atom stereocenters. The molecule has 0 aliphatic heterocycles. The van der Waals surface area contributed by atoms with E-state index in [1.807, 2.05) is 0 Å². The Morgan fingerprint density at radius 2 is 2.21 bits per heavy atom. The molecule has 1 fully saturated rings. The molecular weight excluding hydrogens is 312 g/mol. The van der Waals surface area contributed by atoms with Crippen molar-refractivity contribution in [3.63, 3.8) is 0 Å². The number of nitrogens with zero attached hydrogens (tertiary/aromatic N) is 3. The Hall–Kier alpha value is -2.90.